The van der Waals surface area contributed by atoms with Crippen molar-refractivity contribution in [2.45, 2.75) is 25.8 Å². The molecule has 0 spiro atoms. The molecule has 0 bridgehead atoms. The van der Waals surface area contributed by atoms with Crippen LogP contribution in [0.5, 0.6) is 0 Å². The van der Waals surface area contributed by atoms with Gasteiger partial charge < -0.3 is 10.2 Å². The zero-order chi connectivity index (χ0) is 21.0. The summed E-state index contributed by atoms with van der Waals surface area (Å²) in [4.78, 5) is 14.7. The van der Waals surface area contributed by atoms with Gasteiger partial charge in [0.2, 0.25) is 10.0 Å². The van der Waals surface area contributed by atoms with E-state index in [1.807, 2.05) is 14.1 Å². The smallest absolute Gasteiger partial charge is 0.251 e. The molecule has 0 aromatic heterocycles. The van der Waals surface area contributed by atoms with Crippen LogP contribution in [0.2, 0.25) is 0 Å². The number of sulfonamides is 1. The van der Waals surface area contributed by atoms with Crippen LogP contribution in [0.1, 0.15) is 40.9 Å². The van der Waals surface area contributed by atoms with E-state index in [1.54, 1.807) is 24.3 Å². The van der Waals surface area contributed by atoms with Crippen LogP contribution in [0.15, 0.2) is 48.5 Å². The van der Waals surface area contributed by atoms with Crippen LogP contribution in [-0.4, -0.2) is 52.2 Å². The monoisotopic (exact) mass is 415 g/mol. The number of rotatable bonds is 7. The molecule has 2 aromatic carbocycles. The molecule has 156 valence electrons. The summed E-state index contributed by atoms with van der Waals surface area (Å²) in [5.74, 6) is 0.0123. The first kappa shape index (κ1) is 21.3. The van der Waals surface area contributed by atoms with Gasteiger partial charge in [-0.15, -0.1) is 0 Å². The largest absolute Gasteiger partial charge is 0.350 e. The van der Waals surface area contributed by atoms with Gasteiger partial charge in [0.1, 0.15) is 0 Å². The van der Waals surface area contributed by atoms with E-state index in [-0.39, 0.29) is 17.7 Å². The van der Waals surface area contributed by atoms with Gasteiger partial charge in [-0.25, -0.2) is 8.42 Å². The highest BCUT2D eigenvalue weighted by atomic mass is 32.2. The van der Waals surface area contributed by atoms with E-state index in [9.17, 15) is 13.2 Å². The molecule has 29 heavy (non-hydrogen) atoms. The normalized spacial score (nSPS) is 16.8. The number of benzene rings is 2. The van der Waals surface area contributed by atoms with Crippen LogP contribution in [0.25, 0.3) is 0 Å². The average molecular weight is 416 g/mol. The second-order valence-electron chi connectivity index (χ2n) is 7.57. The summed E-state index contributed by atoms with van der Waals surface area (Å²) < 4.78 is 25.5. The number of likely N-dealkylation sites (N-methyl/N-ethyl adjacent to an activating group) is 1. The Kier molecular flexibility index (Phi) is 6.59. The number of aryl methyl sites for hydroxylation is 1. The van der Waals surface area contributed by atoms with E-state index in [0.717, 1.165) is 12.0 Å². The molecule has 1 heterocycles. The second kappa shape index (κ2) is 8.97. The quantitative estimate of drug-likeness (QED) is 0.755. The number of hydrogen-bond acceptors (Lipinski definition) is 4. The maximum atomic E-state index is 12.6. The lowest BCUT2D eigenvalue weighted by Crippen LogP contribution is -2.34. The number of amides is 1. The molecular formula is C22H29N3O3S. The standard InChI is InChI=1S/C22H29N3O3S/c1-4-17-6-8-18(9-7-17)21(24(2)3)16-23-22(26)19-10-12-20(13-11-19)25-14-5-15-29(25,27)28/h6-13,21H,4-5,14-16H2,1-3H3,(H,23,26)/t21-/m1/s1. The van der Waals surface area contributed by atoms with E-state index in [1.165, 1.54) is 9.87 Å². The molecule has 1 aliphatic rings. The van der Waals surface area contributed by atoms with Gasteiger partial charge in [0, 0.05) is 18.7 Å². The summed E-state index contributed by atoms with van der Waals surface area (Å²) in [6, 6.07) is 15.3. The topological polar surface area (TPSA) is 69.7 Å². The molecule has 1 amide bonds. The van der Waals surface area contributed by atoms with Gasteiger partial charge in [0.05, 0.1) is 17.5 Å². The third-order valence-corrected chi connectivity index (χ3v) is 7.24. The Balaban J connectivity index is 1.65. The van der Waals surface area contributed by atoms with E-state index in [2.05, 4.69) is 41.4 Å². The minimum absolute atomic E-state index is 0.0684. The summed E-state index contributed by atoms with van der Waals surface area (Å²) in [6.45, 7) is 3.11. The van der Waals surface area contributed by atoms with Crippen molar-refractivity contribution >= 4 is 21.6 Å². The molecule has 0 radical (unpaired) electrons. The van der Waals surface area contributed by atoms with Crippen LogP contribution in [0, 0.1) is 0 Å². The van der Waals surface area contributed by atoms with Crippen LogP contribution < -0.4 is 9.62 Å². The van der Waals surface area contributed by atoms with Crippen LogP contribution in [-0.2, 0) is 16.4 Å². The Morgan fingerprint density at radius 1 is 1.10 bits per heavy atom. The zero-order valence-corrected chi connectivity index (χ0v) is 18.1. The number of carbonyl (C=O) groups excluding carboxylic acids is 1. The lowest BCUT2D eigenvalue weighted by atomic mass is 10.0. The lowest BCUT2D eigenvalue weighted by molar-refractivity contribution is 0.0942. The van der Waals surface area contributed by atoms with Crippen molar-refractivity contribution in [2.75, 3.05) is 37.2 Å². The second-order valence-corrected chi connectivity index (χ2v) is 9.59. The zero-order valence-electron chi connectivity index (χ0n) is 17.3. The molecule has 2 aromatic rings. The molecular weight excluding hydrogens is 386 g/mol. The van der Waals surface area contributed by atoms with Crippen molar-refractivity contribution in [3.8, 4) is 0 Å². The van der Waals surface area contributed by atoms with Crippen molar-refractivity contribution in [1.29, 1.82) is 0 Å². The van der Waals surface area contributed by atoms with Crippen LogP contribution in [0.4, 0.5) is 5.69 Å². The first-order valence-corrected chi connectivity index (χ1v) is 11.6. The summed E-state index contributed by atoms with van der Waals surface area (Å²) in [6.07, 6.45) is 1.63. The average Bonchev–Trinajstić information content (AvgIpc) is 3.07. The minimum Gasteiger partial charge on any atom is -0.350 e. The summed E-state index contributed by atoms with van der Waals surface area (Å²) in [5, 5.41) is 3.00. The van der Waals surface area contributed by atoms with Crippen LogP contribution >= 0.6 is 0 Å². The number of nitrogens with one attached hydrogen (secondary N) is 1. The van der Waals surface area contributed by atoms with Crippen molar-refractivity contribution in [2.24, 2.45) is 0 Å². The molecule has 1 atom stereocenters. The highest BCUT2D eigenvalue weighted by molar-refractivity contribution is 7.93. The van der Waals surface area contributed by atoms with Gasteiger partial charge in [-0.3, -0.25) is 9.10 Å². The predicted molar refractivity (Wildman–Crippen MR) is 117 cm³/mol. The third-order valence-electron chi connectivity index (χ3n) is 5.37. The number of nitrogens with zero attached hydrogens (tertiary/aromatic N) is 2. The van der Waals surface area contributed by atoms with Crippen molar-refractivity contribution in [3.05, 3.63) is 65.2 Å². The molecule has 1 saturated heterocycles. The van der Waals surface area contributed by atoms with Crippen molar-refractivity contribution in [1.82, 2.24) is 10.2 Å². The van der Waals surface area contributed by atoms with E-state index < -0.39 is 10.0 Å². The van der Waals surface area contributed by atoms with Gasteiger partial charge in [-0.05, 0) is 62.3 Å². The fourth-order valence-corrected chi connectivity index (χ4v) is 5.14. The highest BCUT2D eigenvalue weighted by Crippen LogP contribution is 2.24. The highest BCUT2D eigenvalue weighted by Gasteiger charge is 2.28. The van der Waals surface area contributed by atoms with Gasteiger partial charge >= 0.3 is 0 Å². The first-order chi connectivity index (χ1) is 13.8. The van der Waals surface area contributed by atoms with Crippen molar-refractivity contribution < 1.29 is 13.2 Å². The van der Waals surface area contributed by atoms with Gasteiger partial charge in [-0.2, -0.15) is 0 Å². The third kappa shape index (κ3) is 4.97. The molecule has 6 nitrogen and oxygen atoms in total. The summed E-state index contributed by atoms with van der Waals surface area (Å²) >= 11 is 0. The van der Waals surface area contributed by atoms with Crippen molar-refractivity contribution in [3.63, 3.8) is 0 Å². The Labute approximate surface area is 173 Å². The SMILES string of the molecule is CCc1ccc([C@@H](CNC(=O)c2ccc(N3CCCS3(=O)=O)cc2)N(C)C)cc1. The molecule has 1 fully saturated rings. The molecule has 0 aliphatic carbocycles. The fraction of sp³-hybridized carbons (Fsp3) is 0.409. The van der Waals surface area contributed by atoms with Gasteiger partial charge in [0.15, 0.2) is 0 Å². The molecule has 0 saturated carbocycles. The molecule has 3 rings (SSSR count). The Morgan fingerprint density at radius 2 is 1.76 bits per heavy atom. The van der Waals surface area contributed by atoms with Gasteiger partial charge in [0.25, 0.3) is 5.91 Å². The van der Waals surface area contributed by atoms with E-state index in [0.29, 0.717) is 30.8 Å². The summed E-state index contributed by atoms with van der Waals surface area (Å²) in [7, 11) is 0.779. The van der Waals surface area contributed by atoms with Crippen LogP contribution in [0.3, 0.4) is 0 Å². The molecule has 1 N–H and O–H groups in total. The fourth-order valence-electron chi connectivity index (χ4n) is 3.57. The number of anilines is 1. The number of carbonyl (C=O) groups is 1. The number of hydrogen-bond donors (Lipinski definition) is 1. The molecule has 1 aliphatic heterocycles. The van der Waals surface area contributed by atoms with Gasteiger partial charge in [-0.1, -0.05) is 31.2 Å². The van der Waals surface area contributed by atoms with E-state index >= 15 is 0 Å². The Bertz CT molecular complexity index is 938. The maximum Gasteiger partial charge on any atom is 0.251 e. The lowest BCUT2D eigenvalue weighted by Gasteiger charge is -2.25. The maximum absolute atomic E-state index is 12.6. The molecule has 7 heteroatoms. The summed E-state index contributed by atoms with van der Waals surface area (Å²) in [5.41, 5.74) is 3.57. The Hall–Kier alpha value is -2.38. The van der Waals surface area contributed by atoms with E-state index in [4.69, 9.17) is 0 Å². The minimum atomic E-state index is -3.21. The Morgan fingerprint density at radius 3 is 2.28 bits per heavy atom. The molecule has 0 unspecified atom stereocenters. The first-order valence-electron chi connectivity index (χ1n) is 9.96. The predicted octanol–water partition coefficient (Wildman–Crippen LogP) is 2.82.